The van der Waals surface area contributed by atoms with Gasteiger partial charge in [0.25, 0.3) is 10.0 Å². The molecule has 0 N–H and O–H groups in total. The Morgan fingerprint density at radius 2 is 1.56 bits per heavy atom. The standard InChI is InChI=1S/C24H20N2O5S/c1-26(20-9-3-4-10-21(20)30-2)32(28,29)19-14-12-18(13-15-19)24(27)31-22-11-5-7-17-8-6-16-25-23(17)22/h3-16H,1-2H3. The lowest BCUT2D eigenvalue weighted by atomic mass is 10.2. The molecule has 7 nitrogen and oxygen atoms in total. The van der Waals surface area contributed by atoms with Gasteiger partial charge in [0.2, 0.25) is 0 Å². The second-order valence-corrected chi connectivity index (χ2v) is 8.86. The van der Waals surface area contributed by atoms with E-state index in [1.807, 2.05) is 12.1 Å². The van der Waals surface area contributed by atoms with Gasteiger partial charge in [-0.05, 0) is 48.5 Å². The molecule has 8 heteroatoms. The second-order valence-electron chi connectivity index (χ2n) is 6.89. The molecule has 162 valence electrons. The number of carbonyl (C=O) groups is 1. The van der Waals surface area contributed by atoms with E-state index in [0.29, 0.717) is 22.7 Å². The van der Waals surface area contributed by atoms with E-state index in [1.165, 1.54) is 38.4 Å². The molecule has 0 aliphatic carbocycles. The topological polar surface area (TPSA) is 85.8 Å². The summed E-state index contributed by atoms with van der Waals surface area (Å²) in [4.78, 5) is 16.9. The van der Waals surface area contributed by atoms with Crippen molar-refractivity contribution < 1.29 is 22.7 Å². The van der Waals surface area contributed by atoms with Crippen molar-refractivity contribution in [3.8, 4) is 11.5 Å². The lowest BCUT2D eigenvalue weighted by Gasteiger charge is -2.21. The lowest BCUT2D eigenvalue weighted by Crippen LogP contribution is -2.27. The third kappa shape index (κ3) is 4.00. The van der Waals surface area contributed by atoms with Crippen molar-refractivity contribution >= 4 is 32.6 Å². The monoisotopic (exact) mass is 448 g/mol. The Balaban J connectivity index is 1.57. The number of para-hydroxylation sites is 3. The number of fused-ring (bicyclic) bond motifs is 1. The first-order chi connectivity index (χ1) is 15.4. The summed E-state index contributed by atoms with van der Waals surface area (Å²) >= 11 is 0. The quantitative estimate of drug-likeness (QED) is 0.323. The summed E-state index contributed by atoms with van der Waals surface area (Å²) in [6.45, 7) is 0. The van der Waals surface area contributed by atoms with Gasteiger partial charge in [0.05, 0.1) is 23.3 Å². The molecule has 0 aliphatic rings. The van der Waals surface area contributed by atoms with Gasteiger partial charge in [-0.2, -0.15) is 0 Å². The van der Waals surface area contributed by atoms with Crippen LogP contribution < -0.4 is 13.8 Å². The van der Waals surface area contributed by atoms with Crippen LogP contribution in [0.25, 0.3) is 10.9 Å². The van der Waals surface area contributed by atoms with Crippen molar-refractivity contribution in [2.45, 2.75) is 4.90 Å². The number of carbonyl (C=O) groups excluding carboxylic acids is 1. The van der Waals surface area contributed by atoms with Crippen molar-refractivity contribution in [1.29, 1.82) is 0 Å². The number of esters is 1. The summed E-state index contributed by atoms with van der Waals surface area (Å²) < 4.78 is 38.0. The van der Waals surface area contributed by atoms with Gasteiger partial charge in [0.15, 0.2) is 5.75 Å². The van der Waals surface area contributed by atoms with Crippen LogP contribution in [0.3, 0.4) is 0 Å². The highest BCUT2D eigenvalue weighted by Crippen LogP contribution is 2.31. The molecule has 0 amide bonds. The van der Waals surface area contributed by atoms with Crippen LogP contribution in [0.1, 0.15) is 10.4 Å². The van der Waals surface area contributed by atoms with Crippen LogP contribution >= 0.6 is 0 Å². The summed E-state index contributed by atoms with van der Waals surface area (Å²) in [5.41, 5.74) is 1.19. The summed E-state index contributed by atoms with van der Waals surface area (Å²) in [7, 11) is -0.939. The van der Waals surface area contributed by atoms with E-state index in [0.717, 1.165) is 9.69 Å². The van der Waals surface area contributed by atoms with Crippen LogP contribution in [0.4, 0.5) is 5.69 Å². The minimum Gasteiger partial charge on any atom is -0.495 e. The number of hydrogen-bond acceptors (Lipinski definition) is 6. The molecule has 0 atom stereocenters. The molecule has 4 rings (SSSR count). The molecular weight excluding hydrogens is 428 g/mol. The Bertz CT molecular complexity index is 1380. The molecule has 32 heavy (non-hydrogen) atoms. The van der Waals surface area contributed by atoms with Crippen molar-refractivity contribution in [3.63, 3.8) is 0 Å². The molecule has 0 spiro atoms. The zero-order valence-corrected chi connectivity index (χ0v) is 18.2. The molecule has 3 aromatic carbocycles. The largest absolute Gasteiger partial charge is 0.495 e. The van der Waals surface area contributed by atoms with Crippen LogP contribution in [0.15, 0.2) is 90.0 Å². The molecule has 1 heterocycles. The van der Waals surface area contributed by atoms with Crippen molar-refractivity contribution in [1.82, 2.24) is 4.98 Å². The number of anilines is 1. The van der Waals surface area contributed by atoms with Gasteiger partial charge < -0.3 is 9.47 Å². The summed E-state index contributed by atoms with van der Waals surface area (Å²) in [6.07, 6.45) is 1.62. The first-order valence-electron chi connectivity index (χ1n) is 9.70. The van der Waals surface area contributed by atoms with Crippen LogP contribution in [-0.2, 0) is 10.0 Å². The first kappa shape index (κ1) is 21.3. The Hall–Kier alpha value is -3.91. The second kappa shape index (κ2) is 8.68. The zero-order chi connectivity index (χ0) is 22.7. The fraction of sp³-hybridized carbons (Fsp3) is 0.0833. The molecule has 0 fully saturated rings. The summed E-state index contributed by atoms with van der Waals surface area (Å²) in [5, 5.41) is 0.846. The maximum Gasteiger partial charge on any atom is 0.343 e. The molecule has 4 aromatic rings. The van der Waals surface area contributed by atoms with E-state index in [1.54, 1.807) is 48.7 Å². The van der Waals surface area contributed by atoms with Gasteiger partial charge in [0.1, 0.15) is 11.3 Å². The van der Waals surface area contributed by atoms with E-state index in [2.05, 4.69) is 4.98 Å². The Morgan fingerprint density at radius 1 is 0.875 bits per heavy atom. The minimum absolute atomic E-state index is 0.0364. The number of pyridine rings is 1. The van der Waals surface area contributed by atoms with E-state index < -0.39 is 16.0 Å². The van der Waals surface area contributed by atoms with Crippen LogP contribution in [0, 0.1) is 0 Å². The number of nitrogens with zero attached hydrogens (tertiary/aromatic N) is 2. The number of aromatic nitrogens is 1. The summed E-state index contributed by atoms with van der Waals surface area (Å²) in [5.74, 6) is 0.161. The molecule has 0 saturated carbocycles. The van der Waals surface area contributed by atoms with Crippen molar-refractivity contribution in [3.05, 3.63) is 90.6 Å². The number of rotatable bonds is 6. The molecule has 0 saturated heterocycles. The predicted molar refractivity (Wildman–Crippen MR) is 122 cm³/mol. The lowest BCUT2D eigenvalue weighted by molar-refractivity contribution is 0.0736. The Kier molecular flexibility index (Phi) is 5.79. The van der Waals surface area contributed by atoms with Gasteiger partial charge in [-0.25, -0.2) is 13.2 Å². The van der Waals surface area contributed by atoms with E-state index in [9.17, 15) is 13.2 Å². The van der Waals surface area contributed by atoms with Crippen LogP contribution in [0.5, 0.6) is 11.5 Å². The molecule has 1 aromatic heterocycles. The number of benzene rings is 3. The normalized spacial score (nSPS) is 11.2. The predicted octanol–water partition coefficient (Wildman–Crippen LogP) is 4.29. The smallest absolute Gasteiger partial charge is 0.343 e. The maximum atomic E-state index is 13.1. The number of hydrogen-bond donors (Lipinski definition) is 0. The van der Waals surface area contributed by atoms with Gasteiger partial charge in [-0.15, -0.1) is 0 Å². The molecule has 0 aliphatic heterocycles. The molecule has 0 bridgehead atoms. The van der Waals surface area contributed by atoms with E-state index >= 15 is 0 Å². The molecular formula is C24H20N2O5S. The molecule has 0 radical (unpaired) electrons. The highest BCUT2D eigenvalue weighted by atomic mass is 32.2. The average molecular weight is 449 g/mol. The van der Waals surface area contributed by atoms with Gasteiger partial charge in [-0.1, -0.05) is 30.3 Å². The minimum atomic E-state index is -3.86. The third-order valence-electron chi connectivity index (χ3n) is 4.97. The molecule has 0 unspecified atom stereocenters. The first-order valence-corrected chi connectivity index (χ1v) is 11.1. The van der Waals surface area contributed by atoms with Gasteiger partial charge >= 0.3 is 5.97 Å². The number of methoxy groups -OCH3 is 1. The zero-order valence-electron chi connectivity index (χ0n) is 17.4. The van der Waals surface area contributed by atoms with E-state index in [4.69, 9.17) is 9.47 Å². The highest BCUT2D eigenvalue weighted by molar-refractivity contribution is 7.92. The highest BCUT2D eigenvalue weighted by Gasteiger charge is 2.24. The number of sulfonamides is 1. The Morgan fingerprint density at radius 3 is 2.31 bits per heavy atom. The number of ether oxygens (including phenoxy) is 2. The fourth-order valence-electron chi connectivity index (χ4n) is 3.26. The fourth-order valence-corrected chi connectivity index (χ4v) is 4.46. The maximum absolute atomic E-state index is 13.1. The average Bonchev–Trinajstić information content (AvgIpc) is 2.83. The summed E-state index contributed by atoms with van der Waals surface area (Å²) in [6, 6.07) is 21.4. The van der Waals surface area contributed by atoms with Crippen molar-refractivity contribution in [2.24, 2.45) is 0 Å². The van der Waals surface area contributed by atoms with Gasteiger partial charge in [-0.3, -0.25) is 9.29 Å². The van der Waals surface area contributed by atoms with Crippen LogP contribution in [0.2, 0.25) is 0 Å². The Labute approximate surface area is 185 Å². The third-order valence-corrected chi connectivity index (χ3v) is 6.76. The SMILES string of the molecule is COc1ccccc1N(C)S(=O)(=O)c1ccc(C(=O)Oc2cccc3cccnc23)cc1. The van der Waals surface area contributed by atoms with Crippen molar-refractivity contribution in [2.75, 3.05) is 18.5 Å². The van der Waals surface area contributed by atoms with Gasteiger partial charge in [0, 0.05) is 18.6 Å². The van der Waals surface area contributed by atoms with Crippen LogP contribution in [-0.4, -0.2) is 33.5 Å². The van der Waals surface area contributed by atoms with E-state index in [-0.39, 0.29) is 10.5 Å².